The molecule has 0 amide bonds. The normalized spacial score (nSPS) is 14.2. The summed E-state index contributed by atoms with van der Waals surface area (Å²) in [6.45, 7) is 4.29. The Balaban J connectivity index is 2.22. The lowest BCUT2D eigenvalue weighted by molar-refractivity contribution is 0.0688. The van der Waals surface area contributed by atoms with Crippen molar-refractivity contribution in [2.24, 2.45) is 0 Å². The molecule has 3 rings (SSSR count). The number of aromatic nitrogens is 2. The van der Waals surface area contributed by atoms with E-state index in [-0.39, 0.29) is 5.69 Å². The smallest absolute Gasteiger partial charge is 0.356 e. The van der Waals surface area contributed by atoms with Crippen LogP contribution in [-0.4, -0.2) is 20.9 Å². The summed E-state index contributed by atoms with van der Waals surface area (Å²) in [5.41, 5.74) is 4.44. The van der Waals surface area contributed by atoms with E-state index < -0.39 is 5.97 Å². The molecule has 0 aliphatic heterocycles. The zero-order valence-corrected chi connectivity index (χ0v) is 12.5. The second-order valence-electron chi connectivity index (χ2n) is 5.91. The molecule has 0 radical (unpaired) electrons. The number of carbonyl (C=O) groups is 1. The van der Waals surface area contributed by atoms with Crippen LogP contribution < -0.4 is 0 Å². The van der Waals surface area contributed by atoms with Gasteiger partial charge in [0.25, 0.3) is 0 Å². The number of nitrogens with zero attached hydrogens (tertiary/aromatic N) is 2. The number of hydrogen-bond acceptors (Lipinski definition) is 2. The van der Waals surface area contributed by atoms with Gasteiger partial charge in [-0.2, -0.15) is 5.10 Å². The molecule has 1 aromatic heterocycles. The predicted molar refractivity (Wildman–Crippen MR) is 81.3 cm³/mol. The number of para-hydroxylation sites is 1. The highest BCUT2D eigenvalue weighted by molar-refractivity contribution is 5.87. The summed E-state index contributed by atoms with van der Waals surface area (Å²) in [6.07, 6.45) is 3.87. The lowest BCUT2D eigenvalue weighted by Gasteiger charge is -2.17. The second kappa shape index (κ2) is 5.35. The third-order valence-electron chi connectivity index (χ3n) is 4.17. The molecule has 4 heteroatoms. The van der Waals surface area contributed by atoms with Gasteiger partial charge in [0, 0.05) is 11.3 Å². The van der Waals surface area contributed by atoms with Crippen molar-refractivity contribution in [1.29, 1.82) is 0 Å². The highest BCUT2D eigenvalue weighted by atomic mass is 16.4. The number of carboxylic acid groups (broad SMARTS) is 1. The number of fused-ring (bicyclic) bond motifs is 1. The minimum absolute atomic E-state index is 0.225. The molecule has 1 N–H and O–H groups in total. The molecule has 110 valence electrons. The van der Waals surface area contributed by atoms with Crippen LogP contribution in [0, 0.1) is 0 Å². The van der Waals surface area contributed by atoms with Gasteiger partial charge in [-0.3, -0.25) is 0 Å². The van der Waals surface area contributed by atoms with Crippen LogP contribution >= 0.6 is 0 Å². The SMILES string of the molecule is CC(C)c1ccccc1-n1nc(C(=O)O)c2c1CCCC2. The first-order chi connectivity index (χ1) is 10.1. The summed E-state index contributed by atoms with van der Waals surface area (Å²) in [4.78, 5) is 11.5. The summed E-state index contributed by atoms with van der Waals surface area (Å²) in [5.74, 6) is -0.549. The Bertz CT molecular complexity index is 686. The monoisotopic (exact) mass is 284 g/mol. The fourth-order valence-corrected chi connectivity index (χ4v) is 3.14. The predicted octanol–water partition coefficient (Wildman–Crippen LogP) is 3.57. The van der Waals surface area contributed by atoms with Gasteiger partial charge in [0.05, 0.1) is 5.69 Å². The summed E-state index contributed by atoms with van der Waals surface area (Å²) in [7, 11) is 0. The van der Waals surface area contributed by atoms with Gasteiger partial charge in [0.2, 0.25) is 0 Å². The molecule has 0 saturated heterocycles. The molecule has 0 fully saturated rings. The standard InChI is InChI=1S/C17H20N2O2/c1-11(2)12-7-3-5-9-14(12)19-15-10-6-4-8-13(15)16(18-19)17(20)21/h3,5,7,9,11H,4,6,8,10H2,1-2H3,(H,20,21). The van der Waals surface area contributed by atoms with Crippen molar-refractivity contribution < 1.29 is 9.90 Å². The number of carboxylic acids is 1. The summed E-state index contributed by atoms with van der Waals surface area (Å²) < 4.78 is 1.87. The van der Waals surface area contributed by atoms with Crippen LogP contribution in [0.2, 0.25) is 0 Å². The van der Waals surface area contributed by atoms with Crippen molar-refractivity contribution in [3.8, 4) is 5.69 Å². The minimum Gasteiger partial charge on any atom is -0.476 e. The Kier molecular flexibility index (Phi) is 3.53. The number of rotatable bonds is 3. The Morgan fingerprint density at radius 3 is 2.67 bits per heavy atom. The van der Waals surface area contributed by atoms with Crippen molar-refractivity contribution in [2.75, 3.05) is 0 Å². The molecular weight excluding hydrogens is 264 g/mol. The highest BCUT2D eigenvalue weighted by Crippen LogP contribution is 2.30. The van der Waals surface area contributed by atoms with E-state index in [2.05, 4.69) is 25.0 Å². The van der Waals surface area contributed by atoms with Crippen molar-refractivity contribution in [1.82, 2.24) is 9.78 Å². The minimum atomic E-state index is -0.922. The molecule has 1 aromatic carbocycles. The zero-order chi connectivity index (χ0) is 15.0. The van der Waals surface area contributed by atoms with Gasteiger partial charge in [-0.05, 0) is 43.2 Å². The topological polar surface area (TPSA) is 55.1 Å². The molecular formula is C17H20N2O2. The van der Waals surface area contributed by atoms with Gasteiger partial charge in [0.15, 0.2) is 5.69 Å². The van der Waals surface area contributed by atoms with Gasteiger partial charge in [0.1, 0.15) is 0 Å². The molecule has 0 bridgehead atoms. The average Bonchev–Trinajstić information content (AvgIpc) is 2.87. The van der Waals surface area contributed by atoms with E-state index in [4.69, 9.17) is 0 Å². The molecule has 0 saturated carbocycles. The van der Waals surface area contributed by atoms with E-state index in [1.165, 1.54) is 5.56 Å². The first kappa shape index (κ1) is 13.9. The Hall–Kier alpha value is -2.10. The van der Waals surface area contributed by atoms with Crippen LogP contribution in [0.5, 0.6) is 0 Å². The average molecular weight is 284 g/mol. The van der Waals surface area contributed by atoms with Crippen molar-refractivity contribution >= 4 is 5.97 Å². The fraction of sp³-hybridized carbons (Fsp3) is 0.412. The van der Waals surface area contributed by atoms with E-state index in [0.29, 0.717) is 5.92 Å². The molecule has 2 aromatic rings. The third kappa shape index (κ3) is 2.35. The Morgan fingerprint density at radius 2 is 1.95 bits per heavy atom. The number of benzene rings is 1. The first-order valence-electron chi connectivity index (χ1n) is 7.53. The van der Waals surface area contributed by atoms with Crippen molar-refractivity contribution in [2.45, 2.75) is 45.4 Å². The van der Waals surface area contributed by atoms with Crippen LogP contribution in [-0.2, 0) is 12.8 Å². The van der Waals surface area contributed by atoms with E-state index in [1.807, 2.05) is 22.9 Å². The molecule has 1 aliphatic carbocycles. The maximum Gasteiger partial charge on any atom is 0.356 e. The van der Waals surface area contributed by atoms with Crippen molar-refractivity contribution in [3.05, 3.63) is 46.8 Å². The van der Waals surface area contributed by atoms with Crippen LogP contribution in [0.15, 0.2) is 24.3 Å². The number of aromatic carboxylic acids is 1. The maximum atomic E-state index is 11.5. The quantitative estimate of drug-likeness (QED) is 0.937. The Labute approximate surface area is 124 Å². The molecule has 1 heterocycles. The lowest BCUT2D eigenvalue weighted by atomic mass is 9.95. The van der Waals surface area contributed by atoms with E-state index in [0.717, 1.165) is 42.6 Å². The molecule has 21 heavy (non-hydrogen) atoms. The van der Waals surface area contributed by atoms with Gasteiger partial charge in [-0.1, -0.05) is 32.0 Å². The van der Waals surface area contributed by atoms with E-state index in [9.17, 15) is 9.90 Å². The van der Waals surface area contributed by atoms with Crippen LogP contribution in [0.3, 0.4) is 0 Å². The lowest BCUT2D eigenvalue weighted by Crippen LogP contribution is -2.10. The Morgan fingerprint density at radius 1 is 1.24 bits per heavy atom. The molecule has 0 atom stereocenters. The van der Waals surface area contributed by atoms with Gasteiger partial charge in [-0.15, -0.1) is 0 Å². The fourth-order valence-electron chi connectivity index (χ4n) is 3.14. The van der Waals surface area contributed by atoms with E-state index in [1.54, 1.807) is 0 Å². The second-order valence-corrected chi connectivity index (χ2v) is 5.91. The molecule has 0 spiro atoms. The maximum absolute atomic E-state index is 11.5. The number of hydrogen-bond donors (Lipinski definition) is 1. The first-order valence-corrected chi connectivity index (χ1v) is 7.53. The van der Waals surface area contributed by atoms with Crippen molar-refractivity contribution in [3.63, 3.8) is 0 Å². The van der Waals surface area contributed by atoms with E-state index >= 15 is 0 Å². The third-order valence-corrected chi connectivity index (χ3v) is 4.17. The largest absolute Gasteiger partial charge is 0.476 e. The van der Waals surface area contributed by atoms with Gasteiger partial charge in [-0.25, -0.2) is 9.48 Å². The molecule has 4 nitrogen and oxygen atoms in total. The zero-order valence-electron chi connectivity index (χ0n) is 12.5. The van der Waals surface area contributed by atoms with Crippen LogP contribution in [0.25, 0.3) is 5.69 Å². The van der Waals surface area contributed by atoms with Gasteiger partial charge < -0.3 is 5.11 Å². The van der Waals surface area contributed by atoms with Crippen LogP contribution in [0.1, 0.15) is 59.9 Å². The summed E-state index contributed by atoms with van der Waals surface area (Å²) in [5, 5.41) is 13.8. The summed E-state index contributed by atoms with van der Waals surface area (Å²) in [6, 6.07) is 8.13. The molecule has 0 unspecified atom stereocenters. The highest BCUT2D eigenvalue weighted by Gasteiger charge is 2.26. The van der Waals surface area contributed by atoms with Gasteiger partial charge >= 0.3 is 5.97 Å². The molecule has 1 aliphatic rings. The summed E-state index contributed by atoms with van der Waals surface area (Å²) >= 11 is 0. The van der Waals surface area contributed by atoms with Crippen LogP contribution in [0.4, 0.5) is 0 Å².